The van der Waals surface area contributed by atoms with E-state index in [2.05, 4.69) is 24.3 Å². The minimum atomic E-state index is 0.172. The van der Waals surface area contributed by atoms with Gasteiger partial charge < -0.3 is 10.2 Å². The van der Waals surface area contributed by atoms with Gasteiger partial charge in [-0.1, -0.05) is 24.3 Å². The van der Waals surface area contributed by atoms with Crippen molar-refractivity contribution in [2.45, 2.75) is 18.9 Å². The molecule has 2 aromatic rings. The van der Waals surface area contributed by atoms with E-state index in [1.807, 2.05) is 12.3 Å². The number of nitrogens with two attached hydrogens (primary N) is 1. The van der Waals surface area contributed by atoms with Crippen LogP contribution in [0.3, 0.4) is 0 Å². The number of fused-ring (bicyclic) bond motifs is 1. The third-order valence-electron chi connectivity index (χ3n) is 3.48. The van der Waals surface area contributed by atoms with E-state index in [-0.39, 0.29) is 6.04 Å². The van der Waals surface area contributed by atoms with E-state index >= 15 is 0 Å². The highest BCUT2D eigenvalue weighted by Crippen LogP contribution is 2.36. The van der Waals surface area contributed by atoms with Crippen LogP contribution in [0.4, 0.5) is 0 Å². The number of hydrogen-bond acceptors (Lipinski definition) is 2. The van der Waals surface area contributed by atoms with Crippen molar-refractivity contribution in [3.8, 4) is 0 Å². The van der Waals surface area contributed by atoms with E-state index in [0.29, 0.717) is 5.92 Å². The first-order valence-electron chi connectivity index (χ1n) is 5.69. The van der Waals surface area contributed by atoms with Crippen LogP contribution in [-0.2, 0) is 12.8 Å². The summed E-state index contributed by atoms with van der Waals surface area (Å²) in [4.78, 5) is 0. The maximum Gasteiger partial charge on any atom is 0.0934 e. The molecule has 0 saturated heterocycles. The molecule has 1 aliphatic carbocycles. The molecule has 2 atom stereocenters. The lowest BCUT2D eigenvalue weighted by Crippen LogP contribution is -2.18. The predicted molar refractivity (Wildman–Crippen MR) is 63.0 cm³/mol. The molecule has 0 spiro atoms. The molecule has 2 unspecified atom stereocenters. The average Bonchev–Trinajstić information content (AvgIpc) is 2.90. The fourth-order valence-electron chi connectivity index (χ4n) is 2.62. The third-order valence-corrected chi connectivity index (χ3v) is 3.48. The van der Waals surface area contributed by atoms with Gasteiger partial charge in [0, 0.05) is 6.04 Å². The Morgan fingerprint density at radius 1 is 1.25 bits per heavy atom. The van der Waals surface area contributed by atoms with Gasteiger partial charge in [-0.25, -0.2) is 0 Å². The minimum absolute atomic E-state index is 0.172. The van der Waals surface area contributed by atoms with E-state index in [1.54, 1.807) is 6.26 Å². The third kappa shape index (κ3) is 1.55. The molecule has 2 N–H and O–H groups in total. The topological polar surface area (TPSA) is 39.2 Å². The zero-order chi connectivity index (χ0) is 11.0. The number of hydrogen-bond donors (Lipinski definition) is 1. The van der Waals surface area contributed by atoms with Crippen molar-refractivity contribution in [1.29, 1.82) is 0 Å². The summed E-state index contributed by atoms with van der Waals surface area (Å²) in [5.41, 5.74) is 10.2. The molecule has 3 rings (SSSR count). The molecule has 2 heteroatoms. The van der Waals surface area contributed by atoms with Crippen LogP contribution in [-0.4, -0.2) is 0 Å². The van der Waals surface area contributed by atoms with Gasteiger partial charge in [-0.15, -0.1) is 0 Å². The first-order valence-corrected chi connectivity index (χ1v) is 5.69. The smallest absolute Gasteiger partial charge is 0.0934 e. The molecule has 0 aliphatic heterocycles. The highest BCUT2D eigenvalue weighted by atomic mass is 16.3. The van der Waals surface area contributed by atoms with Crippen LogP contribution < -0.4 is 5.73 Å². The zero-order valence-corrected chi connectivity index (χ0v) is 9.10. The van der Waals surface area contributed by atoms with Crippen molar-refractivity contribution < 1.29 is 4.42 Å². The predicted octanol–water partition coefficient (Wildman–Crippen LogP) is 2.69. The molecule has 82 valence electrons. The van der Waals surface area contributed by atoms with Gasteiger partial charge in [0.1, 0.15) is 0 Å². The lowest BCUT2D eigenvalue weighted by Gasteiger charge is -2.14. The second kappa shape index (κ2) is 3.80. The van der Waals surface area contributed by atoms with Crippen LogP contribution in [0.25, 0.3) is 0 Å². The summed E-state index contributed by atoms with van der Waals surface area (Å²) in [5.74, 6) is 0.509. The van der Waals surface area contributed by atoms with Crippen LogP contribution in [0, 0.1) is 5.92 Å². The average molecular weight is 213 g/mol. The van der Waals surface area contributed by atoms with Gasteiger partial charge in [-0.3, -0.25) is 0 Å². The normalized spacial score (nSPS) is 23.3. The monoisotopic (exact) mass is 213 g/mol. The summed E-state index contributed by atoms with van der Waals surface area (Å²) < 4.78 is 5.10. The largest absolute Gasteiger partial charge is 0.472 e. The summed E-state index contributed by atoms with van der Waals surface area (Å²) in [6, 6.07) is 10.7. The molecule has 0 bridgehead atoms. The van der Waals surface area contributed by atoms with Crippen molar-refractivity contribution in [2.75, 3.05) is 0 Å². The highest BCUT2D eigenvalue weighted by Gasteiger charge is 2.29. The zero-order valence-electron chi connectivity index (χ0n) is 9.10. The van der Waals surface area contributed by atoms with E-state index < -0.39 is 0 Å². The Balaban J connectivity index is 1.82. The van der Waals surface area contributed by atoms with E-state index in [4.69, 9.17) is 10.2 Å². The molecule has 2 nitrogen and oxygen atoms in total. The fraction of sp³-hybridized carbons (Fsp3) is 0.286. The Morgan fingerprint density at radius 3 is 2.88 bits per heavy atom. The molecule has 0 radical (unpaired) electrons. The second-order valence-electron chi connectivity index (χ2n) is 4.52. The molecule has 1 aliphatic rings. The summed E-state index contributed by atoms with van der Waals surface area (Å²) in [6.45, 7) is 0. The van der Waals surface area contributed by atoms with E-state index in [9.17, 15) is 0 Å². The molecule has 0 amide bonds. The Labute approximate surface area is 95.1 Å². The minimum Gasteiger partial charge on any atom is -0.472 e. The van der Waals surface area contributed by atoms with Crippen molar-refractivity contribution in [3.05, 3.63) is 59.5 Å². The maximum absolute atomic E-state index is 6.28. The van der Waals surface area contributed by atoms with Gasteiger partial charge in [-0.2, -0.15) is 0 Å². The van der Waals surface area contributed by atoms with Crippen LogP contribution in [0.15, 0.2) is 47.3 Å². The number of benzene rings is 1. The van der Waals surface area contributed by atoms with Crippen LogP contribution >= 0.6 is 0 Å². The van der Waals surface area contributed by atoms with Crippen molar-refractivity contribution in [1.82, 2.24) is 0 Å². The SMILES string of the molecule is NC1c2ccccc2CC1Cc1ccoc1. The summed E-state index contributed by atoms with van der Waals surface area (Å²) in [5, 5.41) is 0. The van der Waals surface area contributed by atoms with Gasteiger partial charge in [0.05, 0.1) is 12.5 Å². The Kier molecular flexibility index (Phi) is 2.29. The Morgan fingerprint density at radius 2 is 2.12 bits per heavy atom. The molecule has 0 fully saturated rings. The molecule has 0 saturated carbocycles. The Bertz CT molecular complexity index is 473. The van der Waals surface area contributed by atoms with Gasteiger partial charge >= 0.3 is 0 Å². The standard InChI is InChI=1S/C14H15NO/c15-14-12(7-10-5-6-16-9-10)8-11-3-1-2-4-13(11)14/h1-6,9,12,14H,7-8,15H2. The van der Waals surface area contributed by atoms with Gasteiger partial charge in [-0.05, 0) is 41.5 Å². The fourth-order valence-corrected chi connectivity index (χ4v) is 2.62. The maximum atomic E-state index is 6.28. The number of furan rings is 1. The van der Waals surface area contributed by atoms with Crippen LogP contribution in [0.1, 0.15) is 22.7 Å². The lowest BCUT2D eigenvalue weighted by atomic mass is 9.95. The Hall–Kier alpha value is -1.54. The summed E-state index contributed by atoms with van der Waals surface area (Å²) in [6.07, 6.45) is 5.63. The molecule has 1 heterocycles. The molecule has 1 aromatic carbocycles. The first kappa shape index (κ1) is 9.67. The lowest BCUT2D eigenvalue weighted by molar-refractivity contribution is 0.461. The molecular formula is C14H15NO. The highest BCUT2D eigenvalue weighted by molar-refractivity contribution is 5.36. The van der Waals surface area contributed by atoms with Gasteiger partial charge in [0.2, 0.25) is 0 Å². The van der Waals surface area contributed by atoms with Crippen molar-refractivity contribution in [3.63, 3.8) is 0 Å². The van der Waals surface area contributed by atoms with Crippen LogP contribution in [0.2, 0.25) is 0 Å². The van der Waals surface area contributed by atoms with Crippen LogP contribution in [0.5, 0.6) is 0 Å². The van der Waals surface area contributed by atoms with Crippen molar-refractivity contribution >= 4 is 0 Å². The quantitative estimate of drug-likeness (QED) is 0.833. The van der Waals surface area contributed by atoms with E-state index in [1.165, 1.54) is 16.7 Å². The molecule has 1 aromatic heterocycles. The first-order chi connectivity index (χ1) is 7.84. The van der Waals surface area contributed by atoms with Crippen molar-refractivity contribution in [2.24, 2.45) is 11.7 Å². The number of rotatable bonds is 2. The second-order valence-corrected chi connectivity index (χ2v) is 4.52. The van der Waals surface area contributed by atoms with E-state index in [0.717, 1.165) is 12.8 Å². The molecule has 16 heavy (non-hydrogen) atoms. The summed E-state index contributed by atoms with van der Waals surface area (Å²) in [7, 11) is 0. The van der Waals surface area contributed by atoms with Gasteiger partial charge in [0.15, 0.2) is 0 Å². The molecular weight excluding hydrogens is 198 g/mol. The summed E-state index contributed by atoms with van der Waals surface area (Å²) >= 11 is 0. The van der Waals surface area contributed by atoms with Gasteiger partial charge in [0.25, 0.3) is 0 Å².